The summed E-state index contributed by atoms with van der Waals surface area (Å²) < 4.78 is 0. The van der Waals surface area contributed by atoms with Crippen LogP contribution in [0.4, 0.5) is 0 Å². The lowest BCUT2D eigenvalue weighted by molar-refractivity contribution is -0.118. The first-order chi connectivity index (χ1) is 7.09. The lowest BCUT2D eigenvalue weighted by atomic mass is 9.82. The maximum Gasteiger partial charge on any atom is 0.217 e. The Hall–Kier alpha value is -1.05. The quantitative estimate of drug-likeness (QED) is 0.708. The molecule has 15 heavy (non-hydrogen) atoms. The molecule has 0 aromatic carbocycles. The van der Waals surface area contributed by atoms with Gasteiger partial charge in [-0.25, -0.2) is 0 Å². The molecule has 0 heterocycles. The molecule has 1 aliphatic rings. The molecule has 1 N–H and O–H groups in total. The van der Waals surface area contributed by atoms with Gasteiger partial charge in [-0.3, -0.25) is 4.79 Å². The lowest BCUT2D eigenvalue weighted by Crippen LogP contribution is -2.20. The first kappa shape index (κ1) is 12.0. The zero-order chi connectivity index (χ0) is 11.3. The van der Waals surface area contributed by atoms with E-state index in [1.165, 1.54) is 18.4 Å². The van der Waals surface area contributed by atoms with Crippen LogP contribution in [0.3, 0.4) is 0 Å². The van der Waals surface area contributed by atoms with Crippen LogP contribution in [0, 0.1) is 11.8 Å². The van der Waals surface area contributed by atoms with E-state index in [2.05, 4.69) is 37.4 Å². The number of amides is 1. The molecule has 0 radical (unpaired) electrons. The molecule has 0 aromatic rings. The van der Waals surface area contributed by atoms with Gasteiger partial charge in [-0.2, -0.15) is 0 Å². The number of carbonyl (C=O) groups excluding carboxylic acids is 1. The molecule has 2 heteroatoms. The second-order valence-electron chi connectivity index (χ2n) is 4.44. The van der Waals surface area contributed by atoms with E-state index in [4.69, 9.17) is 0 Å². The third kappa shape index (κ3) is 4.32. The number of nitrogens with one attached hydrogen (secondary N) is 1. The van der Waals surface area contributed by atoms with E-state index >= 15 is 0 Å². The van der Waals surface area contributed by atoms with Crippen LogP contribution < -0.4 is 5.32 Å². The van der Waals surface area contributed by atoms with Crippen molar-refractivity contribution in [3.05, 3.63) is 23.8 Å². The standard InChI is InChI=1S/C13H21NO/c1-10-6-7-13(11(2)9-10)5-4-8-14-12(3)15/h4-5,9,11,13H,6-8H2,1-3H3,(H,14,15)/b5-4+. The minimum atomic E-state index is 0.0343. The average Bonchev–Trinajstić information content (AvgIpc) is 2.14. The smallest absolute Gasteiger partial charge is 0.217 e. The summed E-state index contributed by atoms with van der Waals surface area (Å²) in [5.41, 5.74) is 1.51. The maximum atomic E-state index is 10.6. The minimum absolute atomic E-state index is 0.0343. The molecule has 1 rings (SSSR count). The topological polar surface area (TPSA) is 29.1 Å². The van der Waals surface area contributed by atoms with Crippen LogP contribution >= 0.6 is 0 Å². The van der Waals surface area contributed by atoms with Gasteiger partial charge in [-0.1, -0.05) is 30.7 Å². The summed E-state index contributed by atoms with van der Waals surface area (Å²) in [6, 6.07) is 0. The van der Waals surface area contributed by atoms with Gasteiger partial charge in [0.05, 0.1) is 0 Å². The molecular weight excluding hydrogens is 186 g/mol. The van der Waals surface area contributed by atoms with E-state index in [0.717, 1.165) is 0 Å². The van der Waals surface area contributed by atoms with Gasteiger partial charge in [0, 0.05) is 13.5 Å². The molecular formula is C13H21NO. The van der Waals surface area contributed by atoms with Gasteiger partial charge in [0.15, 0.2) is 0 Å². The summed E-state index contributed by atoms with van der Waals surface area (Å²) in [5.74, 6) is 1.31. The average molecular weight is 207 g/mol. The molecule has 0 aromatic heterocycles. The van der Waals surface area contributed by atoms with Gasteiger partial charge in [-0.05, 0) is 31.6 Å². The Morgan fingerprint density at radius 3 is 3.00 bits per heavy atom. The molecule has 1 aliphatic carbocycles. The van der Waals surface area contributed by atoms with Gasteiger partial charge in [0.2, 0.25) is 5.91 Å². The Morgan fingerprint density at radius 1 is 1.67 bits per heavy atom. The Kier molecular flexibility index (Phi) is 4.60. The van der Waals surface area contributed by atoms with Gasteiger partial charge >= 0.3 is 0 Å². The Balaban J connectivity index is 2.36. The highest BCUT2D eigenvalue weighted by molar-refractivity contribution is 5.72. The Labute approximate surface area is 92.4 Å². The van der Waals surface area contributed by atoms with Crippen molar-refractivity contribution in [1.29, 1.82) is 0 Å². The monoisotopic (exact) mass is 207 g/mol. The van der Waals surface area contributed by atoms with Crippen LogP contribution in [-0.4, -0.2) is 12.5 Å². The van der Waals surface area contributed by atoms with Crippen molar-refractivity contribution in [2.24, 2.45) is 11.8 Å². The number of hydrogen-bond acceptors (Lipinski definition) is 1. The number of carbonyl (C=O) groups is 1. The summed E-state index contributed by atoms with van der Waals surface area (Å²) in [5, 5.41) is 2.77. The minimum Gasteiger partial charge on any atom is -0.353 e. The summed E-state index contributed by atoms with van der Waals surface area (Å²) >= 11 is 0. The van der Waals surface area contributed by atoms with Crippen LogP contribution in [0.5, 0.6) is 0 Å². The fourth-order valence-corrected chi connectivity index (χ4v) is 2.03. The first-order valence-electron chi connectivity index (χ1n) is 5.68. The third-order valence-corrected chi connectivity index (χ3v) is 2.95. The van der Waals surface area contributed by atoms with Crippen LogP contribution in [-0.2, 0) is 4.79 Å². The molecule has 0 fully saturated rings. The van der Waals surface area contributed by atoms with Crippen LogP contribution in [0.15, 0.2) is 23.8 Å². The fraction of sp³-hybridized carbons (Fsp3) is 0.615. The Morgan fingerprint density at radius 2 is 2.40 bits per heavy atom. The van der Waals surface area contributed by atoms with Crippen molar-refractivity contribution >= 4 is 5.91 Å². The fourth-order valence-electron chi connectivity index (χ4n) is 2.03. The largest absolute Gasteiger partial charge is 0.353 e. The molecule has 0 saturated carbocycles. The van der Waals surface area contributed by atoms with Gasteiger partial charge in [0.25, 0.3) is 0 Å². The number of hydrogen-bond donors (Lipinski definition) is 1. The molecule has 0 aliphatic heterocycles. The summed E-state index contributed by atoms with van der Waals surface area (Å²) in [7, 11) is 0. The highest BCUT2D eigenvalue weighted by Crippen LogP contribution is 2.28. The normalized spacial score (nSPS) is 26.5. The highest BCUT2D eigenvalue weighted by atomic mass is 16.1. The summed E-state index contributed by atoms with van der Waals surface area (Å²) in [4.78, 5) is 10.6. The van der Waals surface area contributed by atoms with Crippen molar-refractivity contribution in [2.75, 3.05) is 6.54 Å². The maximum absolute atomic E-state index is 10.6. The van der Waals surface area contributed by atoms with E-state index in [0.29, 0.717) is 18.4 Å². The molecule has 2 unspecified atom stereocenters. The molecule has 0 bridgehead atoms. The van der Waals surface area contributed by atoms with E-state index in [1.54, 1.807) is 6.92 Å². The predicted molar refractivity (Wildman–Crippen MR) is 63.5 cm³/mol. The van der Waals surface area contributed by atoms with E-state index in [1.807, 2.05) is 0 Å². The Bertz CT molecular complexity index is 278. The summed E-state index contributed by atoms with van der Waals surface area (Å²) in [6.45, 7) is 6.66. The summed E-state index contributed by atoms with van der Waals surface area (Å²) in [6.07, 6.45) is 9.11. The predicted octanol–water partition coefficient (Wildman–Crippen LogP) is 2.67. The zero-order valence-electron chi connectivity index (χ0n) is 9.92. The number of allylic oxidation sites excluding steroid dienone is 3. The number of rotatable bonds is 3. The van der Waals surface area contributed by atoms with Crippen LogP contribution in [0.2, 0.25) is 0 Å². The SMILES string of the molecule is CC(=O)NC/C=C/C1CCC(C)=CC1C. The molecule has 0 saturated heterocycles. The lowest BCUT2D eigenvalue weighted by Gasteiger charge is -2.24. The first-order valence-corrected chi connectivity index (χ1v) is 5.68. The molecule has 2 atom stereocenters. The second-order valence-corrected chi connectivity index (χ2v) is 4.44. The second kappa shape index (κ2) is 5.74. The van der Waals surface area contributed by atoms with E-state index < -0.39 is 0 Å². The van der Waals surface area contributed by atoms with Gasteiger partial charge < -0.3 is 5.32 Å². The van der Waals surface area contributed by atoms with Crippen molar-refractivity contribution in [2.45, 2.75) is 33.6 Å². The third-order valence-electron chi connectivity index (χ3n) is 2.95. The van der Waals surface area contributed by atoms with Crippen molar-refractivity contribution in [3.63, 3.8) is 0 Å². The highest BCUT2D eigenvalue weighted by Gasteiger charge is 2.16. The van der Waals surface area contributed by atoms with Crippen molar-refractivity contribution in [1.82, 2.24) is 5.32 Å². The van der Waals surface area contributed by atoms with Crippen LogP contribution in [0.1, 0.15) is 33.6 Å². The van der Waals surface area contributed by atoms with E-state index in [-0.39, 0.29) is 5.91 Å². The molecule has 84 valence electrons. The molecule has 0 spiro atoms. The van der Waals surface area contributed by atoms with Crippen molar-refractivity contribution in [3.8, 4) is 0 Å². The zero-order valence-corrected chi connectivity index (χ0v) is 9.92. The van der Waals surface area contributed by atoms with Gasteiger partial charge in [0.1, 0.15) is 0 Å². The van der Waals surface area contributed by atoms with Crippen molar-refractivity contribution < 1.29 is 4.79 Å². The van der Waals surface area contributed by atoms with Gasteiger partial charge in [-0.15, -0.1) is 0 Å². The van der Waals surface area contributed by atoms with Crippen LogP contribution in [0.25, 0.3) is 0 Å². The van der Waals surface area contributed by atoms with E-state index in [9.17, 15) is 4.79 Å². The molecule has 1 amide bonds. The molecule has 2 nitrogen and oxygen atoms in total.